The minimum absolute atomic E-state index is 0.0134. The lowest BCUT2D eigenvalue weighted by Gasteiger charge is -2.16. The van der Waals surface area contributed by atoms with E-state index in [9.17, 15) is 4.79 Å². The lowest BCUT2D eigenvalue weighted by Crippen LogP contribution is -2.35. The summed E-state index contributed by atoms with van der Waals surface area (Å²) in [6, 6.07) is 7.81. The molecule has 1 aromatic carbocycles. The molecule has 1 aliphatic rings. The van der Waals surface area contributed by atoms with Crippen molar-refractivity contribution >= 4 is 5.91 Å². The molecule has 0 aliphatic carbocycles. The number of amides is 1. The third-order valence-electron chi connectivity index (χ3n) is 2.93. The summed E-state index contributed by atoms with van der Waals surface area (Å²) in [5.41, 5.74) is 6.88. The average molecular weight is 234 g/mol. The molecule has 0 unspecified atom stereocenters. The van der Waals surface area contributed by atoms with Crippen molar-refractivity contribution in [3.63, 3.8) is 0 Å². The van der Waals surface area contributed by atoms with E-state index in [-0.39, 0.29) is 18.6 Å². The minimum atomic E-state index is 0.0134. The number of benzene rings is 1. The predicted octanol–water partition coefficient (Wildman–Crippen LogP) is 0.933. The van der Waals surface area contributed by atoms with Gasteiger partial charge in [0.15, 0.2) is 6.61 Å². The van der Waals surface area contributed by atoms with E-state index in [0.717, 1.165) is 24.3 Å². The Labute approximate surface area is 101 Å². The summed E-state index contributed by atoms with van der Waals surface area (Å²) in [5, 5.41) is 0. The molecule has 1 aromatic rings. The number of aryl methyl sites for hydroxylation is 1. The van der Waals surface area contributed by atoms with Crippen LogP contribution in [0.5, 0.6) is 5.75 Å². The third kappa shape index (κ3) is 3.20. The number of hydrogen-bond acceptors (Lipinski definition) is 3. The van der Waals surface area contributed by atoms with Crippen LogP contribution >= 0.6 is 0 Å². The second-order valence-electron chi connectivity index (χ2n) is 4.49. The molecule has 92 valence electrons. The first-order valence-electron chi connectivity index (χ1n) is 5.88. The molecule has 1 saturated heterocycles. The molecular formula is C13H18N2O2. The summed E-state index contributed by atoms with van der Waals surface area (Å²) >= 11 is 0. The van der Waals surface area contributed by atoms with Crippen LogP contribution in [0, 0.1) is 6.92 Å². The van der Waals surface area contributed by atoms with Gasteiger partial charge in [-0.3, -0.25) is 4.79 Å². The maximum Gasteiger partial charge on any atom is 0.260 e. The van der Waals surface area contributed by atoms with Crippen LogP contribution in [0.25, 0.3) is 0 Å². The number of carbonyl (C=O) groups is 1. The van der Waals surface area contributed by atoms with Crippen LogP contribution in [-0.2, 0) is 4.79 Å². The predicted molar refractivity (Wildman–Crippen MR) is 65.8 cm³/mol. The minimum Gasteiger partial charge on any atom is -0.484 e. The molecule has 1 atom stereocenters. The highest BCUT2D eigenvalue weighted by atomic mass is 16.5. The van der Waals surface area contributed by atoms with Crippen molar-refractivity contribution in [2.24, 2.45) is 5.73 Å². The van der Waals surface area contributed by atoms with Gasteiger partial charge in [0, 0.05) is 19.1 Å². The van der Waals surface area contributed by atoms with E-state index in [1.54, 1.807) is 4.90 Å². The van der Waals surface area contributed by atoms with Crippen LogP contribution in [0.1, 0.15) is 12.0 Å². The molecule has 0 bridgehead atoms. The Bertz CT molecular complexity index is 406. The summed E-state index contributed by atoms with van der Waals surface area (Å²) in [6.07, 6.45) is 0.885. The number of carbonyl (C=O) groups excluding carboxylic acids is 1. The maximum atomic E-state index is 11.8. The largest absolute Gasteiger partial charge is 0.484 e. The van der Waals surface area contributed by atoms with E-state index >= 15 is 0 Å². The van der Waals surface area contributed by atoms with Crippen LogP contribution < -0.4 is 10.5 Å². The molecule has 0 saturated carbocycles. The molecule has 2 rings (SSSR count). The fourth-order valence-corrected chi connectivity index (χ4v) is 1.96. The number of hydrogen-bond donors (Lipinski definition) is 1. The second kappa shape index (κ2) is 5.19. The van der Waals surface area contributed by atoms with Gasteiger partial charge in [-0.1, -0.05) is 12.1 Å². The van der Waals surface area contributed by atoms with E-state index in [0.29, 0.717) is 6.54 Å². The zero-order valence-electron chi connectivity index (χ0n) is 10.1. The van der Waals surface area contributed by atoms with Gasteiger partial charge in [-0.25, -0.2) is 0 Å². The van der Waals surface area contributed by atoms with E-state index in [1.165, 1.54) is 0 Å². The van der Waals surface area contributed by atoms with Crippen molar-refractivity contribution in [1.29, 1.82) is 0 Å². The summed E-state index contributed by atoms with van der Waals surface area (Å²) in [4.78, 5) is 13.6. The summed E-state index contributed by atoms with van der Waals surface area (Å²) in [6.45, 7) is 3.48. The molecule has 2 N–H and O–H groups in total. The van der Waals surface area contributed by atoms with Gasteiger partial charge in [0.25, 0.3) is 5.91 Å². The number of nitrogens with two attached hydrogens (primary N) is 1. The van der Waals surface area contributed by atoms with Crippen LogP contribution in [0.15, 0.2) is 24.3 Å². The first-order chi connectivity index (χ1) is 8.15. The normalized spacial score (nSPS) is 19.4. The molecule has 4 nitrogen and oxygen atoms in total. The zero-order chi connectivity index (χ0) is 12.3. The Morgan fingerprint density at radius 2 is 2.41 bits per heavy atom. The number of likely N-dealkylation sites (tertiary alicyclic amines) is 1. The highest BCUT2D eigenvalue weighted by Crippen LogP contribution is 2.13. The molecule has 0 spiro atoms. The second-order valence-corrected chi connectivity index (χ2v) is 4.49. The van der Waals surface area contributed by atoms with Gasteiger partial charge in [0.05, 0.1) is 0 Å². The highest BCUT2D eigenvalue weighted by molar-refractivity contribution is 5.78. The van der Waals surface area contributed by atoms with Crippen LogP contribution in [0.4, 0.5) is 0 Å². The molecule has 1 fully saturated rings. The Balaban J connectivity index is 1.84. The number of rotatable bonds is 3. The van der Waals surface area contributed by atoms with Crippen LogP contribution in [0.3, 0.4) is 0 Å². The summed E-state index contributed by atoms with van der Waals surface area (Å²) < 4.78 is 5.46. The van der Waals surface area contributed by atoms with E-state index < -0.39 is 0 Å². The van der Waals surface area contributed by atoms with E-state index in [1.807, 2.05) is 31.2 Å². The SMILES string of the molecule is Cc1cccc(OCC(=O)N2CC[C@@H](N)C2)c1. The van der Waals surface area contributed by atoms with Gasteiger partial charge in [0.1, 0.15) is 5.75 Å². The molecule has 4 heteroatoms. The maximum absolute atomic E-state index is 11.8. The molecule has 0 aromatic heterocycles. The molecule has 1 amide bonds. The lowest BCUT2D eigenvalue weighted by atomic mass is 10.2. The number of nitrogens with zero attached hydrogens (tertiary/aromatic N) is 1. The van der Waals surface area contributed by atoms with Crippen molar-refractivity contribution < 1.29 is 9.53 Å². The van der Waals surface area contributed by atoms with Gasteiger partial charge in [-0.2, -0.15) is 0 Å². The fraction of sp³-hybridized carbons (Fsp3) is 0.462. The Hall–Kier alpha value is -1.55. The lowest BCUT2D eigenvalue weighted by molar-refractivity contribution is -0.132. The molecule has 1 aliphatic heterocycles. The fourth-order valence-electron chi connectivity index (χ4n) is 1.96. The Morgan fingerprint density at radius 3 is 3.06 bits per heavy atom. The molecule has 17 heavy (non-hydrogen) atoms. The van der Waals surface area contributed by atoms with Crippen LogP contribution in [0.2, 0.25) is 0 Å². The smallest absolute Gasteiger partial charge is 0.260 e. The van der Waals surface area contributed by atoms with Crippen molar-refractivity contribution in [2.75, 3.05) is 19.7 Å². The standard InChI is InChI=1S/C13H18N2O2/c1-10-3-2-4-12(7-10)17-9-13(16)15-6-5-11(14)8-15/h2-4,7,11H,5-6,8-9,14H2,1H3/t11-/m1/s1. The van der Waals surface area contributed by atoms with Gasteiger partial charge >= 0.3 is 0 Å². The van der Waals surface area contributed by atoms with Gasteiger partial charge < -0.3 is 15.4 Å². The first-order valence-corrected chi connectivity index (χ1v) is 5.88. The highest BCUT2D eigenvalue weighted by Gasteiger charge is 2.23. The van der Waals surface area contributed by atoms with Crippen molar-refractivity contribution in [2.45, 2.75) is 19.4 Å². The Kier molecular flexibility index (Phi) is 3.64. The van der Waals surface area contributed by atoms with Crippen molar-refractivity contribution in [3.8, 4) is 5.75 Å². The Morgan fingerprint density at radius 1 is 1.59 bits per heavy atom. The van der Waals surface area contributed by atoms with Gasteiger partial charge in [0.2, 0.25) is 0 Å². The van der Waals surface area contributed by atoms with E-state index in [4.69, 9.17) is 10.5 Å². The summed E-state index contributed by atoms with van der Waals surface area (Å²) in [5.74, 6) is 0.751. The topological polar surface area (TPSA) is 55.6 Å². The number of ether oxygens (including phenoxy) is 1. The molecule has 1 heterocycles. The van der Waals surface area contributed by atoms with Crippen molar-refractivity contribution in [3.05, 3.63) is 29.8 Å². The first kappa shape index (κ1) is 11.9. The zero-order valence-corrected chi connectivity index (χ0v) is 10.1. The quantitative estimate of drug-likeness (QED) is 0.846. The van der Waals surface area contributed by atoms with Crippen molar-refractivity contribution in [1.82, 2.24) is 4.90 Å². The summed E-state index contributed by atoms with van der Waals surface area (Å²) in [7, 11) is 0. The third-order valence-corrected chi connectivity index (χ3v) is 2.93. The molecule has 0 radical (unpaired) electrons. The van der Waals surface area contributed by atoms with Gasteiger partial charge in [-0.05, 0) is 31.0 Å². The van der Waals surface area contributed by atoms with Crippen LogP contribution in [-0.4, -0.2) is 36.5 Å². The van der Waals surface area contributed by atoms with Gasteiger partial charge in [-0.15, -0.1) is 0 Å². The molecular weight excluding hydrogens is 216 g/mol. The van der Waals surface area contributed by atoms with E-state index in [2.05, 4.69) is 0 Å². The average Bonchev–Trinajstić information content (AvgIpc) is 2.73. The monoisotopic (exact) mass is 234 g/mol.